The van der Waals surface area contributed by atoms with E-state index < -0.39 is 0 Å². The average molecular weight is 315 g/mol. The molecule has 0 bridgehead atoms. The number of carbonyl (C=O) groups excluding carboxylic acids is 2. The van der Waals surface area contributed by atoms with Crippen LogP contribution in [0.1, 0.15) is 34.7 Å². The van der Waals surface area contributed by atoms with Crippen molar-refractivity contribution in [2.75, 3.05) is 13.6 Å². The van der Waals surface area contributed by atoms with Gasteiger partial charge in [0.15, 0.2) is 0 Å². The molecule has 0 atom stereocenters. The van der Waals surface area contributed by atoms with Crippen molar-refractivity contribution in [2.45, 2.75) is 26.3 Å². The maximum Gasteiger partial charge on any atom is 0.251 e. The van der Waals surface area contributed by atoms with E-state index in [1.165, 1.54) is 0 Å². The Labute approximate surface area is 135 Å². The Morgan fingerprint density at radius 3 is 2.65 bits per heavy atom. The third kappa shape index (κ3) is 5.25. The maximum absolute atomic E-state index is 12.0. The topological polar surface area (TPSA) is 75.4 Å². The van der Waals surface area contributed by atoms with Crippen LogP contribution in [0.3, 0.4) is 0 Å². The summed E-state index contributed by atoms with van der Waals surface area (Å²) in [5, 5.41) is 6.67. The smallest absolute Gasteiger partial charge is 0.251 e. The number of aromatic nitrogens is 1. The highest BCUT2D eigenvalue weighted by Crippen LogP contribution is 2.06. The van der Waals surface area contributed by atoms with Crippen molar-refractivity contribution in [1.82, 2.24) is 15.4 Å². The van der Waals surface area contributed by atoms with Gasteiger partial charge in [-0.3, -0.25) is 9.59 Å². The zero-order valence-electron chi connectivity index (χ0n) is 13.4. The molecule has 1 aromatic carbocycles. The van der Waals surface area contributed by atoms with Crippen LogP contribution in [0.2, 0.25) is 0 Å². The van der Waals surface area contributed by atoms with Crippen molar-refractivity contribution in [3.8, 4) is 0 Å². The molecule has 2 rings (SSSR count). The van der Waals surface area contributed by atoms with Gasteiger partial charge < -0.3 is 14.7 Å². The summed E-state index contributed by atoms with van der Waals surface area (Å²) < 4.78 is 4.98. The van der Waals surface area contributed by atoms with E-state index in [0.29, 0.717) is 31.5 Å². The van der Waals surface area contributed by atoms with Gasteiger partial charge in [0.25, 0.3) is 5.91 Å². The van der Waals surface area contributed by atoms with E-state index in [-0.39, 0.29) is 11.8 Å². The van der Waals surface area contributed by atoms with Gasteiger partial charge in [0.1, 0.15) is 11.5 Å². The first-order valence-corrected chi connectivity index (χ1v) is 7.55. The van der Waals surface area contributed by atoms with E-state index in [9.17, 15) is 9.59 Å². The first kappa shape index (κ1) is 16.7. The highest BCUT2D eigenvalue weighted by Gasteiger charge is 2.11. The molecule has 0 unspecified atom stereocenters. The number of benzene rings is 1. The molecule has 6 nitrogen and oxygen atoms in total. The van der Waals surface area contributed by atoms with Crippen LogP contribution in [0, 0.1) is 6.92 Å². The number of aryl methyl sites for hydroxylation is 1. The molecule has 2 aromatic rings. The van der Waals surface area contributed by atoms with Crippen molar-refractivity contribution in [2.24, 2.45) is 0 Å². The number of hydrogen-bond donors (Lipinski definition) is 1. The van der Waals surface area contributed by atoms with Crippen LogP contribution < -0.4 is 5.32 Å². The van der Waals surface area contributed by atoms with Gasteiger partial charge in [0.05, 0.1) is 6.54 Å². The average Bonchev–Trinajstić information content (AvgIpc) is 2.96. The number of amides is 2. The molecule has 2 amide bonds. The zero-order chi connectivity index (χ0) is 16.7. The third-order valence-electron chi connectivity index (χ3n) is 3.39. The number of nitrogens with one attached hydrogen (secondary N) is 1. The van der Waals surface area contributed by atoms with Gasteiger partial charge in [-0.05, 0) is 25.5 Å². The number of rotatable bonds is 7. The third-order valence-corrected chi connectivity index (χ3v) is 3.39. The van der Waals surface area contributed by atoms with Crippen molar-refractivity contribution in [3.05, 3.63) is 53.4 Å². The quantitative estimate of drug-likeness (QED) is 0.794. The molecule has 0 spiro atoms. The first-order valence-electron chi connectivity index (χ1n) is 7.55. The van der Waals surface area contributed by atoms with Gasteiger partial charge in [-0.25, -0.2) is 0 Å². The number of nitrogens with zero attached hydrogens (tertiary/aromatic N) is 2. The molecule has 0 fully saturated rings. The van der Waals surface area contributed by atoms with Gasteiger partial charge in [-0.2, -0.15) is 0 Å². The van der Waals surface area contributed by atoms with E-state index in [0.717, 1.165) is 11.5 Å². The second-order valence-electron chi connectivity index (χ2n) is 5.40. The Kier molecular flexibility index (Phi) is 5.91. The van der Waals surface area contributed by atoms with Gasteiger partial charge in [0.2, 0.25) is 5.91 Å². The van der Waals surface area contributed by atoms with E-state index in [4.69, 9.17) is 4.52 Å². The van der Waals surface area contributed by atoms with Crippen LogP contribution in [0.4, 0.5) is 0 Å². The fourth-order valence-electron chi connectivity index (χ4n) is 2.15. The zero-order valence-corrected chi connectivity index (χ0v) is 13.4. The minimum absolute atomic E-state index is 0.0135. The van der Waals surface area contributed by atoms with E-state index >= 15 is 0 Å². The molecule has 1 N–H and O–H groups in total. The second kappa shape index (κ2) is 8.12. The summed E-state index contributed by atoms with van der Waals surface area (Å²) in [6.45, 7) is 2.71. The fraction of sp³-hybridized carbons (Fsp3) is 0.353. The van der Waals surface area contributed by atoms with Crippen LogP contribution in [0.25, 0.3) is 0 Å². The maximum atomic E-state index is 12.0. The molecule has 1 aromatic heterocycles. The molecular formula is C17H21N3O3. The van der Waals surface area contributed by atoms with Gasteiger partial charge >= 0.3 is 0 Å². The summed E-state index contributed by atoms with van der Waals surface area (Å²) in [4.78, 5) is 25.5. The minimum Gasteiger partial charge on any atom is -0.361 e. The van der Waals surface area contributed by atoms with Crippen molar-refractivity contribution in [1.29, 1.82) is 0 Å². The Morgan fingerprint density at radius 1 is 1.26 bits per heavy atom. The molecule has 6 heteroatoms. The van der Waals surface area contributed by atoms with Crippen LogP contribution >= 0.6 is 0 Å². The van der Waals surface area contributed by atoms with E-state index in [1.807, 2.05) is 31.2 Å². The predicted octanol–water partition coefficient (Wildman–Crippen LogP) is 2.15. The number of carbonyl (C=O) groups is 2. The molecule has 0 aliphatic rings. The molecule has 0 saturated heterocycles. The summed E-state index contributed by atoms with van der Waals surface area (Å²) in [6.07, 6.45) is 0.974. The van der Waals surface area contributed by atoms with E-state index in [2.05, 4.69) is 10.5 Å². The lowest BCUT2D eigenvalue weighted by Crippen LogP contribution is -2.28. The fourth-order valence-corrected chi connectivity index (χ4v) is 2.15. The second-order valence-corrected chi connectivity index (χ2v) is 5.40. The predicted molar refractivity (Wildman–Crippen MR) is 85.7 cm³/mol. The highest BCUT2D eigenvalue weighted by molar-refractivity contribution is 5.94. The lowest BCUT2D eigenvalue weighted by Gasteiger charge is -2.15. The molecule has 0 aliphatic carbocycles. The SMILES string of the molecule is Cc1cc(CN(C)C(=O)CCCNC(=O)c2ccccc2)no1. The molecule has 0 saturated carbocycles. The van der Waals surface area contributed by atoms with Gasteiger partial charge in [-0.1, -0.05) is 23.4 Å². The van der Waals surface area contributed by atoms with Gasteiger partial charge in [-0.15, -0.1) is 0 Å². The lowest BCUT2D eigenvalue weighted by molar-refractivity contribution is -0.130. The highest BCUT2D eigenvalue weighted by atomic mass is 16.5. The largest absolute Gasteiger partial charge is 0.361 e. The molecular weight excluding hydrogens is 294 g/mol. The Morgan fingerprint density at radius 2 is 2.00 bits per heavy atom. The summed E-state index contributed by atoms with van der Waals surface area (Å²) >= 11 is 0. The number of hydrogen-bond acceptors (Lipinski definition) is 4. The summed E-state index contributed by atoms with van der Waals surface area (Å²) in [7, 11) is 1.73. The first-order chi connectivity index (χ1) is 11.1. The Hall–Kier alpha value is -2.63. The lowest BCUT2D eigenvalue weighted by atomic mass is 10.2. The molecule has 0 aliphatic heterocycles. The monoisotopic (exact) mass is 315 g/mol. The van der Waals surface area contributed by atoms with E-state index in [1.54, 1.807) is 24.1 Å². The van der Waals surface area contributed by atoms with Crippen molar-refractivity contribution >= 4 is 11.8 Å². The minimum atomic E-state index is -0.121. The summed E-state index contributed by atoms with van der Waals surface area (Å²) in [5.74, 6) is 0.619. The van der Waals surface area contributed by atoms with Crippen molar-refractivity contribution < 1.29 is 14.1 Å². The van der Waals surface area contributed by atoms with Gasteiger partial charge in [0, 0.05) is 31.6 Å². The molecule has 122 valence electrons. The van der Waals surface area contributed by atoms with Crippen LogP contribution in [-0.4, -0.2) is 35.5 Å². The van der Waals surface area contributed by atoms with Crippen molar-refractivity contribution in [3.63, 3.8) is 0 Å². The molecule has 1 heterocycles. The summed E-state index contributed by atoms with van der Waals surface area (Å²) in [6, 6.07) is 10.8. The normalized spacial score (nSPS) is 10.3. The Bertz CT molecular complexity index is 652. The standard InChI is InChI=1S/C17H21N3O3/c1-13-11-15(19-23-13)12-20(2)16(21)9-6-10-18-17(22)14-7-4-3-5-8-14/h3-5,7-8,11H,6,9-10,12H2,1-2H3,(H,18,22). The van der Waals surface area contributed by atoms with Crippen LogP contribution in [-0.2, 0) is 11.3 Å². The molecule has 23 heavy (non-hydrogen) atoms. The summed E-state index contributed by atoms with van der Waals surface area (Å²) in [5.41, 5.74) is 1.35. The molecule has 0 radical (unpaired) electrons. The van der Waals surface area contributed by atoms with Crippen LogP contribution in [0.5, 0.6) is 0 Å². The Balaban J connectivity index is 1.67. The van der Waals surface area contributed by atoms with Crippen LogP contribution in [0.15, 0.2) is 40.9 Å².